The lowest BCUT2D eigenvalue weighted by atomic mass is 9.99. The van der Waals surface area contributed by atoms with E-state index < -0.39 is 0 Å². The molecule has 3 heteroatoms. The highest BCUT2D eigenvalue weighted by atomic mass is 16.3. The van der Waals surface area contributed by atoms with Gasteiger partial charge in [0.25, 0.3) is 0 Å². The molecule has 0 heterocycles. The Morgan fingerprint density at radius 3 is 2.20 bits per heavy atom. The molecule has 0 aliphatic heterocycles. The maximum atomic E-state index is 9.27. The molecule has 0 aromatic carbocycles. The number of hydrogen-bond donors (Lipinski definition) is 2. The van der Waals surface area contributed by atoms with Gasteiger partial charge in [0.15, 0.2) is 0 Å². The number of aliphatic hydroxyl groups is 1. The van der Waals surface area contributed by atoms with Crippen LogP contribution in [0.4, 0.5) is 0 Å². The Morgan fingerprint density at radius 2 is 1.87 bits per heavy atom. The van der Waals surface area contributed by atoms with Gasteiger partial charge in [0.2, 0.25) is 0 Å². The zero-order valence-corrected chi connectivity index (χ0v) is 11.2. The summed E-state index contributed by atoms with van der Waals surface area (Å²) in [5, 5.41) is 12.6. The SMILES string of the molecule is CCC(C)(C)N(C)CC(CO)NC(C)C. The third kappa shape index (κ3) is 5.50. The molecular weight excluding hydrogens is 188 g/mol. The summed E-state index contributed by atoms with van der Waals surface area (Å²) in [5.74, 6) is 0. The van der Waals surface area contributed by atoms with E-state index in [1.807, 2.05) is 0 Å². The van der Waals surface area contributed by atoms with Crippen molar-refractivity contribution in [2.24, 2.45) is 0 Å². The third-order valence-electron chi connectivity index (χ3n) is 3.18. The molecule has 1 unspecified atom stereocenters. The maximum Gasteiger partial charge on any atom is 0.0597 e. The molecule has 3 nitrogen and oxygen atoms in total. The summed E-state index contributed by atoms with van der Waals surface area (Å²) in [5.41, 5.74) is 0.200. The van der Waals surface area contributed by atoms with E-state index in [2.05, 4.69) is 51.9 Å². The molecule has 15 heavy (non-hydrogen) atoms. The van der Waals surface area contributed by atoms with E-state index >= 15 is 0 Å². The number of nitrogens with zero attached hydrogens (tertiary/aromatic N) is 1. The van der Waals surface area contributed by atoms with Gasteiger partial charge in [-0.3, -0.25) is 4.90 Å². The molecule has 0 bridgehead atoms. The van der Waals surface area contributed by atoms with Crippen molar-refractivity contribution in [1.29, 1.82) is 0 Å². The molecule has 0 aliphatic carbocycles. The van der Waals surface area contributed by atoms with E-state index in [9.17, 15) is 5.11 Å². The van der Waals surface area contributed by atoms with Gasteiger partial charge < -0.3 is 10.4 Å². The largest absolute Gasteiger partial charge is 0.395 e. The fourth-order valence-corrected chi connectivity index (χ4v) is 1.48. The molecule has 0 saturated carbocycles. The fourth-order valence-electron chi connectivity index (χ4n) is 1.48. The average Bonchev–Trinajstić information content (AvgIpc) is 2.15. The van der Waals surface area contributed by atoms with Gasteiger partial charge in [0, 0.05) is 24.2 Å². The molecule has 0 aliphatic rings. The van der Waals surface area contributed by atoms with E-state index in [-0.39, 0.29) is 18.2 Å². The lowest BCUT2D eigenvalue weighted by molar-refractivity contribution is 0.113. The van der Waals surface area contributed by atoms with Crippen molar-refractivity contribution in [3.05, 3.63) is 0 Å². The lowest BCUT2D eigenvalue weighted by Crippen LogP contribution is -2.50. The van der Waals surface area contributed by atoms with Crippen molar-refractivity contribution < 1.29 is 5.11 Å². The van der Waals surface area contributed by atoms with E-state index in [0.29, 0.717) is 6.04 Å². The van der Waals surface area contributed by atoms with Gasteiger partial charge in [-0.05, 0) is 27.3 Å². The third-order valence-corrected chi connectivity index (χ3v) is 3.18. The maximum absolute atomic E-state index is 9.27. The number of aliphatic hydroxyl groups excluding tert-OH is 1. The molecular formula is C12H28N2O. The summed E-state index contributed by atoms with van der Waals surface area (Å²) < 4.78 is 0. The predicted molar refractivity (Wildman–Crippen MR) is 66.1 cm³/mol. The first-order valence-electron chi connectivity index (χ1n) is 5.91. The first-order chi connectivity index (χ1) is 6.83. The first-order valence-corrected chi connectivity index (χ1v) is 5.91. The second kappa shape index (κ2) is 6.46. The topological polar surface area (TPSA) is 35.5 Å². The molecule has 0 saturated heterocycles. The normalized spacial score (nSPS) is 15.0. The van der Waals surface area contributed by atoms with Crippen molar-refractivity contribution in [2.75, 3.05) is 20.2 Å². The van der Waals surface area contributed by atoms with Crippen LogP contribution in [-0.2, 0) is 0 Å². The Bertz CT molecular complexity index is 169. The summed E-state index contributed by atoms with van der Waals surface area (Å²) in [6.07, 6.45) is 1.11. The summed E-state index contributed by atoms with van der Waals surface area (Å²) in [7, 11) is 2.12. The number of nitrogens with one attached hydrogen (secondary N) is 1. The molecule has 1 atom stereocenters. The minimum atomic E-state index is 0.167. The van der Waals surface area contributed by atoms with Crippen molar-refractivity contribution in [3.63, 3.8) is 0 Å². The van der Waals surface area contributed by atoms with Gasteiger partial charge in [-0.25, -0.2) is 0 Å². The second-order valence-electron chi connectivity index (χ2n) is 5.25. The smallest absolute Gasteiger partial charge is 0.0597 e. The fraction of sp³-hybridized carbons (Fsp3) is 1.00. The van der Waals surface area contributed by atoms with Crippen molar-refractivity contribution in [1.82, 2.24) is 10.2 Å². The summed E-state index contributed by atoms with van der Waals surface area (Å²) in [4.78, 5) is 2.31. The number of likely N-dealkylation sites (N-methyl/N-ethyl adjacent to an activating group) is 1. The standard InChI is InChI=1S/C12H28N2O/c1-7-12(4,5)14(6)8-11(9-15)13-10(2)3/h10-11,13,15H,7-9H2,1-6H3. The highest BCUT2D eigenvalue weighted by Gasteiger charge is 2.23. The Labute approximate surface area is 94.9 Å². The van der Waals surface area contributed by atoms with Crippen molar-refractivity contribution in [3.8, 4) is 0 Å². The minimum Gasteiger partial charge on any atom is -0.395 e. The predicted octanol–water partition coefficient (Wildman–Crippen LogP) is 1.47. The molecule has 92 valence electrons. The van der Waals surface area contributed by atoms with Crippen molar-refractivity contribution in [2.45, 2.75) is 58.7 Å². The Balaban J connectivity index is 4.17. The molecule has 0 aromatic rings. The zero-order valence-electron chi connectivity index (χ0n) is 11.2. The van der Waals surface area contributed by atoms with Crippen LogP contribution in [0.1, 0.15) is 41.0 Å². The van der Waals surface area contributed by atoms with Gasteiger partial charge in [0.05, 0.1) is 6.61 Å². The lowest BCUT2D eigenvalue weighted by Gasteiger charge is -2.37. The zero-order chi connectivity index (χ0) is 12.1. The molecule has 0 radical (unpaired) electrons. The summed E-state index contributed by atoms with van der Waals surface area (Å²) in [6, 6.07) is 0.584. The molecule has 0 aromatic heterocycles. The van der Waals surface area contributed by atoms with Gasteiger partial charge in [0.1, 0.15) is 0 Å². The summed E-state index contributed by atoms with van der Waals surface area (Å²) in [6.45, 7) is 12.0. The van der Waals surface area contributed by atoms with E-state index in [1.165, 1.54) is 0 Å². The van der Waals surface area contributed by atoms with Crippen LogP contribution in [0.25, 0.3) is 0 Å². The van der Waals surface area contributed by atoms with Crippen molar-refractivity contribution >= 4 is 0 Å². The molecule has 0 amide bonds. The van der Waals surface area contributed by atoms with E-state index in [0.717, 1.165) is 13.0 Å². The van der Waals surface area contributed by atoms with Gasteiger partial charge in [-0.15, -0.1) is 0 Å². The molecule has 0 fully saturated rings. The van der Waals surface area contributed by atoms with Crippen LogP contribution in [0.5, 0.6) is 0 Å². The Morgan fingerprint density at radius 1 is 1.33 bits per heavy atom. The number of hydrogen-bond acceptors (Lipinski definition) is 3. The molecule has 2 N–H and O–H groups in total. The van der Waals surface area contributed by atoms with E-state index in [4.69, 9.17) is 0 Å². The van der Waals surface area contributed by atoms with Gasteiger partial charge in [-0.2, -0.15) is 0 Å². The first kappa shape index (κ1) is 14.9. The average molecular weight is 216 g/mol. The van der Waals surface area contributed by atoms with Crippen LogP contribution < -0.4 is 5.32 Å². The highest BCUT2D eigenvalue weighted by Crippen LogP contribution is 2.16. The van der Waals surface area contributed by atoms with Gasteiger partial charge >= 0.3 is 0 Å². The van der Waals surface area contributed by atoms with E-state index in [1.54, 1.807) is 0 Å². The second-order valence-corrected chi connectivity index (χ2v) is 5.25. The van der Waals surface area contributed by atoms with Crippen LogP contribution in [0.3, 0.4) is 0 Å². The quantitative estimate of drug-likeness (QED) is 0.676. The Kier molecular flexibility index (Phi) is 6.41. The highest BCUT2D eigenvalue weighted by molar-refractivity contribution is 4.81. The van der Waals surface area contributed by atoms with Crippen LogP contribution in [0.2, 0.25) is 0 Å². The summed E-state index contributed by atoms with van der Waals surface area (Å²) >= 11 is 0. The van der Waals surface area contributed by atoms with Crippen LogP contribution in [0.15, 0.2) is 0 Å². The molecule has 0 spiro atoms. The van der Waals surface area contributed by atoms with Crippen LogP contribution in [0, 0.1) is 0 Å². The molecule has 0 rings (SSSR count). The number of rotatable bonds is 7. The monoisotopic (exact) mass is 216 g/mol. The Hall–Kier alpha value is -0.120. The minimum absolute atomic E-state index is 0.167. The van der Waals surface area contributed by atoms with Gasteiger partial charge in [-0.1, -0.05) is 20.8 Å². The van der Waals surface area contributed by atoms with Crippen LogP contribution in [-0.4, -0.2) is 47.8 Å². The van der Waals surface area contributed by atoms with Crippen LogP contribution >= 0.6 is 0 Å².